The molecule has 0 bridgehead atoms. The largest absolute Gasteiger partial charge is 0.507 e. The number of nitrogens with one attached hydrogen (secondary N) is 1. The summed E-state index contributed by atoms with van der Waals surface area (Å²) in [5, 5.41) is 20.0. The van der Waals surface area contributed by atoms with E-state index in [2.05, 4.69) is 16.6 Å². The van der Waals surface area contributed by atoms with E-state index in [4.69, 9.17) is 14.4 Å². The van der Waals surface area contributed by atoms with E-state index in [1.165, 1.54) is 18.3 Å². The molecule has 1 aliphatic heterocycles. The van der Waals surface area contributed by atoms with Crippen LogP contribution in [0.4, 0.5) is 5.69 Å². The number of sulfonamides is 1. The Kier molecular flexibility index (Phi) is 8.24. The lowest BCUT2D eigenvalue weighted by molar-refractivity contribution is 0.0606. The molecule has 40 heavy (non-hydrogen) atoms. The van der Waals surface area contributed by atoms with Crippen molar-refractivity contribution in [2.75, 3.05) is 17.9 Å². The fraction of sp³-hybridized carbons (Fsp3) is 0.433. The first-order chi connectivity index (χ1) is 19.3. The third-order valence-corrected chi connectivity index (χ3v) is 9.16. The monoisotopic (exact) mass is 563 g/mol. The number of hydrogen-bond donors (Lipinski definition) is 2. The number of rotatable bonds is 10. The highest BCUT2D eigenvalue weighted by atomic mass is 32.2. The Morgan fingerprint density at radius 2 is 1.93 bits per heavy atom. The molecule has 3 heterocycles. The summed E-state index contributed by atoms with van der Waals surface area (Å²) in [6.45, 7) is 3.55. The van der Waals surface area contributed by atoms with Crippen LogP contribution in [0.2, 0.25) is 0 Å². The van der Waals surface area contributed by atoms with Crippen molar-refractivity contribution in [1.29, 1.82) is 5.26 Å². The second kappa shape index (κ2) is 11.8. The van der Waals surface area contributed by atoms with E-state index in [1.54, 1.807) is 24.3 Å². The first-order valence-corrected chi connectivity index (χ1v) is 15.2. The summed E-state index contributed by atoms with van der Waals surface area (Å²) < 4.78 is 39.8. The lowest BCUT2D eigenvalue weighted by atomic mass is 9.84. The molecule has 2 fully saturated rings. The van der Waals surface area contributed by atoms with E-state index in [0.29, 0.717) is 17.2 Å². The smallest absolute Gasteiger partial charge is 0.343 e. The molecule has 5 rings (SSSR count). The maximum absolute atomic E-state index is 13.4. The number of nitriles is 1. The van der Waals surface area contributed by atoms with Gasteiger partial charge in [0.05, 0.1) is 17.2 Å². The van der Waals surface area contributed by atoms with Gasteiger partial charge in [0.15, 0.2) is 5.03 Å². The SMILES string of the molecule is CCC(CC1CCOCC1)c1cc(O)c(C(c2cccc(NS(=O)(=O)c3cc(C#N)ccn3)c2)C2CC2)c(=O)o1. The number of ether oxygens (including phenoxy) is 1. The van der Waals surface area contributed by atoms with Crippen LogP contribution in [0, 0.1) is 23.2 Å². The van der Waals surface area contributed by atoms with Crippen molar-refractivity contribution >= 4 is 15.7 Å². The maximum atomic E-state index is 13.4. The standard InChI is InChI=1S/C30H33N3O6S/c1-2-21(14-19-9-12-38-13-10-19)26-17-25(34)29(30(35)39-26)28(22-6-7-22)23-4-3-5-24(16-23)33-40(36,37)27-15-20(18-31)8-11-32-27/h3-5,8,11,15-17,19,21-22,28,33-34H,2,6-7,9-10,12-14H2,1H3. The molecule has 1 saturated carbocycles. The highest BCUT2D eigenvalue weighted by Crippen LogP contribution is 2.48. The fourth-order valence-electron chi connectivity index (χ4n) is 5.60. The van der Waals surface area contributed by atoms with Crippen molar-refractivity contribution in [2.45, 2.75) is 62.3 Å². The van der Waals surface area contributed by atoms with Gasteiger partial charge in [-0.15, -0.1) is 0 Å². The lowest BCUT2D eigenvalue weighted by Crippen LogP contribution is -2.20. The predicted molar refractivity (Wildman–Crippen MR) is 149 cm³/mol. The van der Waals surface area contributed by atoms with Crippen LogP contribution < -0.4 is 10.3 Å². The van der Waals surface area contributed by atoms with E-state index in [0.717, 1.165) is 51.7 Å². The van der Waals surface area contributed by atoms with Crippen molar-refractivity contribution in [2.24, 2.45) is 11.8 Å². The maximum Gasteiger partial charge on any atom is 0.343 e. The van der Waals surface area contributed by atoms with Crippen LogP contribution in [0.5, 0.6) is 5.75 Å². The van der Waals surface area contributed by atoms with Gasteiger partial charge in [0.25, 0.3) is 10.0 Å². The number of aromatic nitrogens is 1. The van der Waals surface area contributed by atoms with Gasteiger partial charge in [0.2, 0.25) is 0 Å². The number of hydrogen-bond acceptors (Lipinski definition) is 8. The number of anilines is 1. The first kappa shape index (κ1) is 27.9. The zero-order valence-electron chi connectivity index (χ0n) is 22.4. The third kappa shape index (κ3) is 6.21. The third-order valence-electron chi connectivity index (χ3n) is 7.88. The Morgan fingerprint density at radius 1 is 1.15 bits per heavy atom. The second-order valence-corrected chi connectivity index (χ2v) is 12.3. The zero-order valence-corrected chi connectivity index (χ0v) is 23.2. The van der Waals surface area contributed by atoms with Gasteiger partial charge in [-0.05, 0) is 80.2 Å². The van der Waals surface area contributed by atoms with E-state index in [9.17, 15) is 18.3 Å². The van der Waals surface area contributed by atoms with E-state index >= 15 is 0 Å². The number of aromatic hydroxyl groups is 1. The van der Waals surface area contributed by atoms with Crippen LogP contribution in [0.25, 0.3) is 0 Å². The molecule has 2 N–H and O–H groups in total. The number of benzene rings is 1. The highest BCUT2D eigenvalue weighted by Gasteiger charge is 2.38. The van der Waals surface area contributed by atoms with Gasteiger partial charge in [-0.1, -0.05) is 19.1 Å². The summed E-state index contributed by atoms with van der Waals surface area (Å²) in [7, 11) is -4.05. The molecule has 2 aromatic heterocycles. The van der Waals surface area contributed by atoms with Crippen LogP contribution in [0.1, 0.15) is 79.7 Å². The van der Waals surface area contributed by atoms with Gasteiger partial charge in [-0.25, -0.2) is 9.78 Å². The Morgan fingerprint density at radius 3 is 2.60 bits per heavy atom. The van der Waals surface area contributed by atoms with Crippen molar-refractivity contribution in [3.05, 3.63) is 81.5 Å². The van der Waals surface area contributed by atoms with Gasteiger partial charge >= 0.3 is 5.63 Å². The minimum absolute atomic E-state index is 0.0287. The molecular formula is C30H33N3O6S. The highest BCUT2D eigenvalue weighted by molar-refractivity contribution is 7.92. The van der Waals surface area contributed by atoms with Crippen LogP contribution >= 0.6 is 0 Å². The van der Waals surface area contributed by atoms with Crippen LogP contribution in [-0.4, -0.2) is 31.7 Å². The fourth-order valence-corrected chi connectivity index (χ4v) is 6.62. The molecule has 10 heteroatoms. The molecule has 0 spiro atoms. The van der Waals surface area contributed by atoms with Gasteiger partial charge in [0.1, 0.15) is 11.5 Å². The Balaban J connectivity index is 1.43. The van der Waals surface area contributed by atoms with Gasteiger partial charge in [-0.3, -0.25) is 4.72 Å². The normalized spacial score (nSPS) is 17.6. The summed E-state index contributed by atoms with van der Waals surface area (Å²) in [5.74, 6) is 0.630. The molecule has 9 nitrogen and oxygen atoms in total. The molecule has 210 valence electrons. The zero-order chi connectivity index (χ0) is 28.3. The van der Waals surface area contributed by atoms with Crippen LogP contribution in [-0.2, 0) is 14.8 Å². The van der Waals surface area contributed by atoms with Gasteiger partial charge < -0.3 is 14.3 Å². The Bertz CT molecular complexity index is 1570. The molecule has 1 saturated heterocycles. The average molecular weight is 564 g/mol. The second-order valence-electron chi connectivity index (χ2n) is 10.7. The number of pyridine rings is 1. The predicted octanol–water partition coefficient (Wildman–Crippen LogP) is 5.27. The van der Waals surface area contributed by atoms with Crippen molar-refractivity contribution in [3.8, 4) is 11.8 Å². The molecule has 1 aromatic carbocycles. The molecular weight excluding hydrogens is 530 g/mol. The summed E-state index contributed by atoms with van der Waals surface area (Å²) >= 11 is 0. The van der Waals surface area contributed by atoms with Crippen molar-refractivity contribution in [1.82, 2.24) is 4.98 Å². The molecule has 2 unspecified atom stereocenters. The summed E-state index contributed by atoms with van der Waals surface area (Å²) in [5.41, 5.74) is 0.819. The van der Waals surface area contributed by atoms with Crippen LogP contribution in [0.15, 0.2) is 62.9 Å². The van der Waals surface area contributed by atoms with E-state index in [1.807, 2.05) is 12.1 Å². The van der Waals surface area contributed by atoms with Crippen molar-refractivity contribution < 1.29 is 22.7 Å². The summed E-state index contributed by atoms with van der Waals surface area (Å²) in [4.78, 5) is 17.3. The lowest BCUT2D eigenvalue weighted by Gasteiger charge is -2.26. The Labute approximate surface area is 233 Å². The quantitative estimate of drug-likeness (QED) is 0.340. The molecule has 0 amide bonds. The minimum atomic E-state index is -4.05. The van der Waals surface area contributed by atoms with Gasteiger partial charge in [0, 0.05) is 43.0 Å². The van der Waals surface area contributed by atoms with Gasteiger partial charge in [-0.2, -0.15) is 13.7 Å². The van der Waals surface area contributed by atoms with Crippen molar-refractivity contribution in [3.63, 3.8) is 0 Å². The van der Waals surface area contributed by atoms with E-state index < -0.39 is 21.6 Å². The first-order valence-electron chi connectivity index (χ1n) is 13.7. The molecule has 3 aromatic rings. The molecule has 2 aliphatic rings. The molecule has 1 aliphatic carbocycles. The minimum Gasteiger partial charge on any atom is -0.507 e. The number of nitrogens with zero attached hydrogens (tertiary/aromatic N) is 2. The topological polar surface area (TPSA) is 143 Å². The Hall–Kier alpha value is -3.68. The van der Waals surface area contributed by atoms with Crippen LogP contribution in [0.3, 0.4) is 0 Å². The van der Waals surface area contributed by atoms with E-state index in [-0.39, 0.29) is 39.4 Å². The summed E-state index contributed by atoms with van der Waals surface area (Å²) in [6, 6.07) is 12.9. The molecule has 2 atom stereocenters. The molecule has 0 radical (unpaired) electrons. The summed E-state index contributed by atoms with van der Waals surface area (Å²) in [6.07, 6.45) is 6.66. The average Bonchev–Trinajstić information content (AvgIpc) is 3.79.